The van der Waals surface area contributed by atoms with Crippen molar-refractivity contribution in [2.45, 2.75) is 92.0 Å². The summed E-state index contributed by atoms with van der Waals surface area (Å²) in [6.45, 7) is -0.480. The molecule has 12 atom stereocenters. The Bertz CT molecular complexity index is 664. The molecule has 4 unspecified atom stereocenters. The van der Waals surface area contributed by atoms with Gasteiger partial charge in [-0.05, 0) is 12.8 Å². The van der Waals surface area contributed by atoms with Gasteiger partial charge in [0.05, 0.1) is 18.8 Å². The zero-order valence-electron chi connectivity index (χ0n) is 18.1. The number of rotatable bonds is 9. The van der Waals surface area contributed by atoms with Crippen molar-refractivity contribution >= 4 is 5.91 Å². The van der Waals surface area contributed by atoms with Gasteiger partial charge in [-0.15, -0.1) is 0 Å². The van der Waals surface area contributed by atoms with Crippen LogP contribution in [0.2, 0.25) is 0 Å². The van der Waals surface area contributed by atoms with Gasteiger partial charge in [0, 0.05) is 37.6 Å². The fourth-order valence-corrected chi connectivity index (χ4v) is 4.24. The Morgan fingerprint density at radius 3 is 2.39 bits per heavy atom. The highest BCUT2D eigenvalue weighted by molar-refractivity contribution is 5.89. The standard InChI is InChI=1S/C19H36N4O10/c20-9-1-7(23-18(30)19(31)3-12(19)21)2-10(26)16(9)33-17-15(29)14(28)13(27)11(32-17)5-22-4-8(25)6-24/h7-17,22,24-29,31H,1-6,20-21H2,(H,23,30)/t7-,8?,9+,10-,11-,12?,13-,14+,15-,16?,17-,19?/m1/s1. The van der Waals surface area contributed by atoms with Crippen LogP contribution in [-0.2, 0) is 14.3 Å². The molecule has 1 amide bonds. The first-order chi connectivity index (χ1) is 15.5. The van der Waals surface area contributed by atoms with E-state index in [0.717, 1.165) is 0 Å². The van der Waals surface area contributed by atoms with E-state index in [1.54, 1.807) is 0 Å². The molecule has 192 valence electrons. The molecule has 13 N–H and O–H groups in total. The van der Waals surface area contributed by atoms with Gasteiger partial charge in [0.2, 0.25) is 0 Å². The number of hydrogen-bond donors (Lipinski definition) is 11. The van der Waals surface area contributed by atoms with Gasteiger partial charge in [0.15, 0.2) is 11.9 Å². The van der Waals surface area contributed by atoms with Crippen molar-refractivity contribution < 1.29 is 50.0 Å². The number of hydrogen-bond acceptors (Lipinski definition) is 13. The van der Waals surface area contributed by atoms with Gasteiger partial charge >= 0.3 is 0 Å². The maximum atomic E-state index is 12.2. The van der Waals surface area contributed by atoms with Gasteiger partial charge in [0.1, 0.15) is 30.5 Å². The molecule has 14 heteroatoms. The first kappa shape index (κ1) is 26.6. The molecule has 33 heavy (non-hydrogen) atoms. The fourth-order valence-electron chi connectivity index (χ4n) is 4.24. The van der Waals surface area contributed by atoms with Crippen LogP contribution in [-0.4, -0.2) is 134 Å². The summed E-state index contributed by atoms with van der Waals surface area (Å²) < 4.78 is 11.3. The van der Waals surface area contributed by atoms with Gasteiger partial charge in [-0.1, -0.05) is 0 Å². The van der Waals surface area contributed by atoms with Crippen molar-refractivity contribution in [2.24, 2.45) is 11.5 Å². The van der Waals surface area contributed by atoms with Crippen LogP contribution in [0.4, 0.5) is 0 Å². The van der Waals surface area contributed by atoms with E-state index >= 15 is 0 Å². The van der Waals surface area contributed by atoms with E-state index in [9.17, 15) is 35.4 Å². The predicted octanol–water partition coefficient (Wildman–Crippen LogP) is -6.45. The van der Waals surface area contributed by atoms with E-state index in [1.165, 1.54) is 0 Å². The molecule has 1 saturated heterocycles. The van der Waals surface area contributed by atoms with Crippen LogP contribution >= 0.6 is 0 Å². The Morgan fingerprint density at radius 2 is 1.82 bits per heavy atom. The second-order valence-electron chi connectivity index (χ2n) is 9.22. The lowest BCUT2D eigenvalue weighted by molar-refractivity contribution is -0.315. The number of carbonyl (C=O) groups is 1. The molecule has 2 saturated carbocycles. The highest BCUT2D eigenvalue weighted by Crippen LogP contribution is 2.35. The Kier molecular flexibility index (Phi) is 8.64. The molecule has 3 aliphatic rings. The third-order valence-corrected chi connectivity index (χ3v) is 6.49. The molecule has 0 aromatic carbocycles. The molecule has 0 radical (unpaired) electrons. The highest BCUT2D eigenvalue weighted by Gasteiger charge is 2.57. The van der Waals surface area contributed by atoms with E-state index in [4.69, 9.17) is 26.0 Å². The third kappa shape index (κ3) is 5.98. The quantitative estimate of drug-likeness (QED) is 0.147. The molecule has 1 heterocycles. The SMILES string of the molecule is NC1CC1(O)C(=O)N[C@H]1C[C@@H](O)C(O[C@H]2O[C@H](CNCC(O)CO)[C@@H](O)[C@H](O)[C@H]2O)[C@@H](N)C1. The van der Waals surface area contributed by atoms with E-state index in [0.29, 0.717) is 0 Å². The molecular weight excluding hydrogens is 444 g/mol. The maximum Gasteiger partial charge on any atom is 0.253 e. The lowest BCUT2D eigenvalue weighted by Crippen LogP contribution is -2.64. The molecule has 1 aliphatic heterocycles. The van der Waals surface area contributed by atoms with Gasteiger partial charge in [-0.25, -0.2) is 0 Å². The molecule has 14 nitrogen and oxygen atoms in total. The predicted molar refractivity (Wildman–Crippen MR) is 110 cm³/mol. The summed E-state index contributed by atoms with van der Waals surface area (Å²) >= 11 is 0. The minimum atomic E-state index is -1.62. The lowest BCUT2D eigenvalue weighted by atomic mass is 9.86. The molecule has 0 aromatic rings. The first-order valence-corrected chi connectivity index (χ1v) is 11.0. The zero-order chi connectivity index (χ0) is 24.5. The minimum Gasteiger partial charge on any atom is -0.394 e. The second kappa shape index (κ2) is 10.7. The lowest BCUT2D eigenvalue weighted by Gasteiger charge is -2.44. The first-order valence-electron chi connectivity index (χ1n) is 11.0. The summed E-state index contributed by atoms with van der Waals surface area (Å²) in [7, 11) is 0. The number of nitrogens with one attached hydrogen (secondary N) is 2. The molecule has 3 rings (SSSR count). The number of ether oxygens (including phenoxy) is 2. The van der Waals surface area contributed by atoms with Crippen molar-refractivity contribution in [2.75, 3.05) is 19.7 Å². The van der Waals surface area contributed by atoms with Crippen molar-refractivity contribution in [1.29, 1.82) is 0 Å². The topological polar surface area (TPSA) is 253 Å². The van der Waals surface area contributed by atoms with Crippen LogP contribution in [0.3, 0.4) is 0 Å². The van der Waals surface area contributed by atoms with Crippen molar-refractivity contribution in [3.8, 4) is 0 Å². The average molecular weight is 481 g/mol. The number of carbonyl (C=O) groups excluding carboxylic acids is 1. The third-order valence-electron chi connectivity index (χ3n) is 6.49. The van der Waals surface area contributed by atoms with Crippen molar-refractivity contribution in [1.82, 2.24) is 10.6 Å². The Hall–Kier alpha value is -1.01. The van der Waals surface area contributed by atoms with Crippen molar-refractivity contribution in [3.05, 3.63) is 0 Å². The number of nitrogens with two attached hydrogens (primary N) is 2. The largest absolute Gasteiger partial charge is 0.394 e. The molecule has 0 aromatic heterocycles. The summed E-state index contributed by atoms with van der Waals surface area (Å²) in [6, 6.07) is -1.94. The van der Waals surface area contributed by atoms with Gasteiger partial charge in [0.25, 0.3) is 5.91 Å². The van der Waals surface area contributed by atoms with Crippen LogP contribution in [0.1, 0.15) is 19.3 Å². The summed E-state index contributed by atoms with van der Waals surface area (Å²) in [5.41, 5.74) is 10.1. The normalized spacial score (nSPS) is 46.6. The Balaban J connectivity index is 1.55. The maximum absolute atomic E-state index is 12.2. The Morgan fingerprint density at radius 1 is 1.15 bits per heavy atom. The van der Waals surface area contributed by atoms with E-state index in [1.807, 2.05) is 0 Å². The summed E-state index contributed by atoms with van der Waals surface area (Å²) in [4.78, 5) is 12.2. The zero-order valence-corrected chi connectivity index (χ0v) is 18.1. The summed E-state index contributed by atoms with van der Waals surface area (Å²) in [5.74, 6) is -0.622. The second-order valence-corrected chi connectivity index (χ2v) is 9.22. The van der Waals surface area contributed by atoms with Crippen LogP contribution in [0.25, 0.3) is 0 Å². The summed E-state index contributed by atoms with van der Waals surface area (Å²) in [5, 5.41) is 74.9. The molecular formula is C19H36N4O10. The number of aliphatic hydroxyl groups is 7. The van der Waals surface area contributed by atoms with Crippen LogP contribution in [0.15, 0.2) is 0 Å². The smallest absolute Gasteiger partial charge is 0.253 e. The molecule has 3 fully saturated rings. The van der Waals surface area contributed by atoms with Crippen LogP contribution < -0.4 is 22.1 Å². The molecule has 0 bridgehead atoms. The van der Waals surface area contributed by atoms with Gasteiger partial charge in [-0.2, -0.15) is 0 Å². The number of aliphatic hydroxyl groups excluding tert-OH is 6. The molecule has 2 aliphatic carbocycles. The van der Waals surface area contributed by atoms with Crippen LogP contribution in [0, 0.1) is 0 Å². The average Bonchev–Trinajstić information content (AvgIpc) is 3.39. The van der Waals surface area contributed by atoms with E-state index < -0.39 is 85.3 Å². The fraction of sp³-hybridized carbons (Fsp3) is 0.947. The highest BCUT2D eigenvalue weighted by atomic mass is 16.7. The van der Waals surface area contributed by atoms with Crippen molar-refractivity contribution in [3.63, 3.8) is 0 Å². The molecule has 0 spiro atoms. The Labute approximate surface area is 190 Å². The van der Waals surface area contributed by atoms with Gasteiger partial charge in [-0.3, -0.25) is 4.79 Å². The monoisotopic (exact) mass is 480 g/mol. The summed E-state index contributed by atoms with van der Waals surface area (Å²) in [6.07, 6.45) is -9.87. The van der Waals surface area contributed by atoms with Gasteiger partial charge < -0.3 is 67.3 Å². The van der Waals surface area contributed by atoms with E-state index in [-0.39, 0.29) is 32.4 Å². The minimum absolute atomic E-state index is 0.00655. The van der Waals surface area contributed by atoms with Crippen LogP contribution in [0.5, 0.6) is 0 Å². The number of amides is 1. The van der Waals surface area contributed by atoms with E-state index in [2.05, 4.69) is 10.6 Å².